The highest BCUT2D eigenvalue weighted by molar-refractivity contribution is 6.09. The molecule has 1 aromatic rings. The van der Waals surface area contributed by atoms with E-state index in [4.69, 9.17) is 0 Å². The third kappa shape index (κ3) is 2.96. The van der Waals surface area contributed by atoms with E-state index in [-0.39, 0.29) is 17.5 Å². The van der Waals surface area contributed by atoms with E-state index < -0.39 is 0 Å². The zero-order chi connectivity index (χ0) is 13.2. The van der Waals surface area contributed by atoms with Crippen molar-refractivity contribution in [1.29, 1.82) is 0 Å². The third-order valence-corrected chi connectivity index (χ3v) is 2.91. The Morgan fingerprint density at radius 2 is 1.82 bits per heavy atom. The molecule has 0 spiro atoms. The number of benzene rings is 1. The highest BCUT2D eigenvalue weighted by Gasteiger charge is 2.16. The molecule has 0 aromatic heterocycles. The van der Waals surface area contributed by atoms with E-state index in [1.807, 2.05) is 45.9 Å². The number of carbonyl (C=O) groups excluding carboxylic acids is 1. The molecule has 0 aliphatic heterocycles. The Kier molecular flexibility index (Phi) is 4.11. The van der Waals surface area contributed by atoms with Crippen LogP contribution in [0.2, 0.25) is 0 Å². The Morgan fingerprint density at radius 1 is 1.24 bits per heavy atom. The zero-order valence-corrected chi connectivity index (χ0v) is 11.2. The lowest BCUT2D eigenvalue weighted by Gasteiger charge is -2.10. The molecule has 17 heavy (non-hydrogen) atoms. The molecule has 0 atom stereocenters. The van der Waals surface area contributed by atoms with Gasteiger partial charge < -0.3 is 5.11 Å². The van der Waals surface area contributed by atoms with Crippen LogP contribution in [-0.4, -0.2) is 10.9 Å². The molecule has 0 aliphatic rings. The van der Waals surface area contributed by atoms with E-state index in [1.165, 1.54) is 0 Å². The summed E-state index contributed by atoms with van der Waals surface area (Å²) in [5, 5.41) is 9.85. The average Bonchev–Trinajstić information content (AvgIpc) is 2.29. The van der Waals surface area contributed by atoms with Crippen molar-refractivity contribution in [3.05, 3.63) is 46.2 Å². The predicted octanol–water partition coefficient (Wildman–Crippen LogP) is 3.97. The summed E-state index contributed by atoms with van der Waals surface area (Å²) in [6, 6.07) is 5.78. The van der Waals surface area contributed by atoms with Crippen molar-refractivity contribution in [2.75, 3.05) is 0 Å². The summed E-state index contributed by atoms with van der Waals surface area (Å²) in [4.78, 5) is 12.2. The van der Waals surface area contributed by atoms with Crippen molar-refractivity contribution >= 4 is 5.78 Å². The second kappa shape index (κ2) is 5.17. The number of rotatable bonds is 3. The smallest absolute Gasteiger partial charge is 0.192 e. The fourth-order valence-electron chi connectivity index (χ4n) is 1.73. The van der Waals surface area contributed by atoms with Gasteiger partial charge in [0, 0.05) is 17.1 Å². The first-order chi connectivity index (χ1) is 7.84. The number of carbonyl (C=O) groups is 1. The van der Waals surface area contributed by atoms with E-state index in [1.54, 1.807) is 6.92 Å². The Balaban J connectivity index is 3.22. The van der Waals surface area contributed by atoms with Gasteiger partial charge in [0.15, 0.2) is 5.78 Å². The summed E-state index contributed by atoms with van der Waals surface area (Å²) in [5.74, 6) is 0.0670. The van der Waals surface area contributed by atoms with Gasteiger partial charge in [0.05, 0.1) is 0 Å². The van der Waals surface area contributed by atoms with E-state index in [0.29, 0.717) is 11.1 Å². The van der Waals surface area contributed by atoms with Crippen molar-refractivity contribution in [3.8, 4) is 0 Å². The molecule has 0 radical (unpaired) electrons. The first-order valence-corrected chi connectivity index (χ1v) is 5.86. The molecule has 0 unspecified atom stereocenters. The number of aryl methyl sites for hydroxylation is 2. The maximum atomic E-state index is 12.2. The van der Waals surface area contributed by atoms with Crippen molar-refractivity contribution in [2.24, 2.45) is 5.92 Å². The van der Waals surface area contributed by atoms with Crippen LogP contribution >= 0.6 is 0 Å². The first kappa shape index (κ1) is 13.5. The Morgan fingerprint density at radius 3 is 2.35 bits per heavy atom. The topological polar surface area (TPSA) is 37.3 Å². The largest absolute Gasteiger partial charge is 0.512 e. The van der Waals surface area contributed by atoms with Crippen molar-refractivity contribution in [2.45, 2.75) is 34.6 Å². The van der Waals surface area contributed by atoms with Crippen molar-refractivity contribution in [3.63, 3.8) is 0 Å². The molecule has 2 nitrogen and oxygen atoms in total. The Hall–Kier alpha value is -1.57. The predicted molar refractivity (Wildman–Crippen MR) is 70.4 cm³/mol. The normalized spacial score (nSPS) is 12.6. The highest BCUT2D eigenvalue weighted by Crippen LogP contribution is 2.19. The third-order valence-electron chi connectivity index (χ3n) is 2.91. The molecule has 2 heteroatoms. The number of aliphatic hydroxyl groups excluding tert-OH is 1. The Labute approximate surface area is 103 Å². The van der Waals surface area contributed by atoms with Gasteiger partial charge in [0.2, 0.25) is 0 Å². The first-order valence-electron chi connectivity index (χ1n) is 5.86. The molecule has 1 rings (SSSR count). The SMILES string of the molecule is C/C(C(=O)c1cc(C)ccc1C)=C(/O)C(C)C. The van der Waals surface area contributed by atoms with E-state index >= 15 is 0 Å². The van der Waals surface area contributed by atoms with Crippen LogP contribution in [0.25, 0.3) is 0 Å². The van der Waals surface area contributed by atoms with Crippen molar-refractivity contribution in [1.82, 2.24) is 0 Å². The van der Waals surface area contributed by atoms with E-state index in [9.17, 15) is 9.90 Å². The summed E-state index contributed by atoms with van der Waals surface area (Å²) in [6.07, 6.45) is 0. The van der Waals surface area contributed by atoms with Gasteiger partial charge in [-0.25, -0.2) is 0 Å². The lowest BCUT2D eigenvalue weighted by atomic mass is 9.95. The molecule has 1 N–H and O–H groups in total. The second-order valence-electron chi connectivity index (χ2n) is 4.81. The van der Waals surface area contributed by atoms with Crippen LogP contribution in [0, 0.1) is 19.8 Å². The molecule has 0 aliphatic carbocycles. The molecule has 0 bridgehead atoms. The fourth-order valence-corrected chi connectivity index (χ4v) is 1.73. The summed E-state index contributed by atoms with van der Waals surface area (Å²) in [5.41, 5.74) is 3.11. The minimum atomic E-state index is -0.0857. The van der Waals surface area contributed by atoms with Gasteiger partial charge in [0.25, 0.3) is 0 Å². The molecular formula is C15H20O2. The number of aliphatic hydroxyl groups is 1. The lowest BCUT2D eigenvalue weighted by Crippen LogP contribution is -2.09. The molecule has 92 valence electrons. The van der Waals surface area contributed by atoms with E-state index in [2.05, 4.69) is 0 Å². The van der Waals surface area contributed by atoms with Gasteiger partial charge in [-0.1, -0.05) is 31.5 Å². The van der Waals surface area contributed by atoms with Gasteiger partial charge in [-0.2, -0.15) is 0 Å². The molecule has 0 heterocycles. The number of allylic oxidation sites excluding steroid dienone is 2. The quantitative estimate of drug-likeness (QED) is 0.486. The van der Waals surface area contributed by atoms with Gasteiger partial charge in [-0.15, -0.1) is 0 Å². The Bertz CT molecular complexity index is 468. The van der Waals surface area contributed by atoms with Crippen LogP contribution < -0.4 is 0 Å². The lowest BCUT2D eigenvalue weighted by molar-refractivity contribution is 0.102. The number of hydrogen-bond acceptors (Lipinski definition) is 2. The molecule has 0 fully saturated rings. The average molecular weight is 232 g/mol. The van der Waals surface area contributed by atoms with E-state index in [0.717, 1.165) is 11.1 Å². The summed E-state index contributed by atoms with van der Waals surface area (Å²) in [7, 11) is 0. The van der Waals surface area contributed by atoms with Crippen LogP contribution in [0.1, 0.15) is 42.3 Å². The van der Waals surface area contributed by atoms with Gasteiger partial charge in [0.1, 0.15) is 5.76 Å². The molecule has 0 saturated heterocycles. The van der Waals surface area contributed by atoms with Crippen LogP contribution in [0.4, 0.5) is 0 Å². The summed E-state index contributed by atoms with van der Waals surface area (Å²) < 4.78 is 0. The monoisotopic (exact) mass is 232 g/mol. The van der Waals surface area contributed by atoms with Crippen LogP contribution in [0.15, 0.2) is 29.5 Å². The van der Waals surface area contributed by atoms with Crippen LogP contribution in [0.5, 0.6) is 0 Å². The molecule has 0 saturated carbocycles. The van der Waals surface area contributed by atoms with Crippen LogP contribution in [-0.2, 0) is 0 Å². The van der Waals surface area contributed by atoms with Gasteiger partial charge >= 0.3 is 0 Å². The number of ketones is 1. The number of Topliss-reactive ketones (excluding diaryl/α,β-unsaturated/α-hetero) is 1. The summed E-state index contributed by atoms with van der Waals surface area (Å²) >= 11 is 0. The highest BCUT2D eigenvalue weighted by atomic mass is 16.3. The maximum Gasteiger partial charge on any atom is 0.192 e. The molecule has 0 amide bonds. The van der Waals surface area contributed by atoms with Crippen molar-refractivity contribution < 1.29 is 9.90 Å². The van der Waals surface area contributed by atoms with Crippen LogP contribution in [0.3, 0.4) is 0 Å². The number of hydrogen-bond donors (Lipinski definition) is 1. The minimum absolute atomic E-state index is 0.0240. The molecule has 1 aromatic carbocycles. The zero-order valence-electron chi connectivity index (χ0n) is 11.2. The maximum absolute atomic E-state index is 12.2. The standard InChI is InChI=1S/C15H20O2/c1-9(2)14(16)12(5)15(17)13-8-10(3)6-7-11(13)4/h6-9,16H,1-5H3/b14-12-. The fraction of sp³-hybridized carbons (Fsp3) is 0.400. The minimum Gasteiger partial charge on any atom is -0.512 e. The molecular weight excluding hydrogens is 212 g/mol. The summed E-state index contributed by atoms with van der Waals surface area (Å²) in [6.45, 7) is 9.29. The second-order valence-corrected chi connectivity index (χ2v) is 4.81. The van der Waals surface area contributed by atoms with Gasteiger partial charge in [-0.3, -0.25) is 4.79 Å². The van der Waals surface area contributed by atoms with Gasteiger partial charge in [-0.05, 0) is 32.4 Å².